The van der Waals surface area contributed by atoms with Gasteiger partial charge in [0, 0.05) is 0 Å². The molecule has 0 bridgehead atoms. The molecule has 1 aromatic rings. The van der Waals surface area contributed by atoms with Crippen LogP contribution in [-0.2, 0) is 0 Å². The minimum absolute atomic E-state index is 0.405. The first-order valence-electron chi connectivity index (χ1n) is 14.9. The van der Waals surface area contributed by atoms with Gasteiger partial charge >= 0.3 is 0 Å². The Morgan fingerprint density at radius 2 is 1.05 bits per heavy atom. The van der Waals surface area contributed by atoms with Gasteiger partial charge in [-0.25, -0.2) is 0 Å². The molecule has 0 radical (unpaired) electrons. The zero-order valence-electron chi connectivity index (χ0n) is 26.4. The summed E-state index contributed by atoms with van der Waals surface area (Å²) in [5.74, 6) is 7.82. The topological polar surface area (TPSA) is 0 Å². The van der Waals surface area contributed by atoms with E-state index < -0.39 is 21.6 Å². The summed E-state index contributed by atoms with van der Waals surface area (Å²) in [5, 5.41) is 0. The average molecular weight is 543 g/mol. The van der Waals surface area contributed by atoms with Gasteiger partial charge in [0.15, 0.2) is 0 Å². The molecular weight excluding hydrogens is 489 g/mol. The van der Waals surface area contributed by atoms with E-state index in [2.05, 4.69) is 167 Å². The van der Waals surface area contributed by atoms with Crippen molar-refractivity contribution < 1.29 is 0 Å². The van der Waals surface area contributed by atoms with Crippen LogP contribution in [0.2, 0.25) is 33.2 Å². The maximum absolute atomic E-state index is 4.04. The van der Waals surface area contributed by atoms with Crippen molar-refractivity contribution >= 4 is 22.2 Å². The molecule has 0 spiro atoms. The fourth-order valence-corrected chi connectivity index (χ4v) is 17.7. The van der Waals surface area contributed by atoms with E-state index in [0.29, 0.717) is 33.2 Å². The molecule has 1 aromatic carbocycles. The highest BCUT2D eigenvalue weighted by Crippen LogP contribution is 2.43. The Kier molecular flexibility index (Phi) is 11.3. The molecule has 0 N–H and O–H groups in total. The second-order valence-corrected chi connectivity index (χ2v) is 24.4. The average Bonchev–Trinajstić information content (AvgIpc) is 2.84. The van der Waals surface area contributed by atoms with Crippen LogP contribution in [0.5, 0.6) is 0 Å². The monoisotopic (exact) mass is 542 g/mol. The largest absolute Gasteiger partial charge is 0.146 e. The molecule has 0 nitrogen and oxygen atoms in total. The number of rotatable bonds is 8. The van der Waals surface area contributed by atoms with Gasteiger partial charge in [-0.05, 0) is 50.8 Å². The van der Waals surface area contributed by atoms with Crippen LogP contribution in [0.4, 0.5) is 0 Å². The van der Waals surface area contributed by atoms with Gasteiger partial charge in [-0.2, -0.15) is 0 Å². The van der Waals surface area contributed by atoms with Gasteiger partial charge in [-0.3, -0.25) is 0 Å². The van der Waals surface area contributed by atoms with Gasteiger partial charge < -0.3 is 0 Å². The maximum Gasteiger partial charge on any atom is 0.146 e. The van der Waals surface area contributed by atoms with Crippen LogP contribution in [0.3, 0.4) is 0 Å². The van der Waals surface area contributed by atoms with E-state index in [4.69, 9.17) is 0 Å². The van der Waals surface area contributed by atoms with E-state index in [-0.39, 0.29) is 0 Å². The van der Waals surface area contributed by atoms with Gasteiger partial charge in [0.25, 0.3) is 0 Å². The van der Waals surface area contributed by atoms with E-state index in [1.54, 1.807) is 0 Å². The predicted octanol–water partition coefficient (Wildman–Crippen LogP) is 11.0. The van der Waals surface area contributed by atoms with Crippen LogP contribution in [0.1, 0.15) is 95.1 Å². The fourth-order valence-electron chi connectivity index (χ4n) is 7.06. The minimum atomic E-state index is -1.86. The lowest BCUT2D eigenvalue weighted by atomic mass is 9.81. The number of hydrogen-bond acceptors (Lipinski definition) is 0. The molecule has 0 unspecified atom stereocenters. The quantitative estimate of drug-likeness (QED) is 0.226. The van der Waals surface area contributed by atoms with Gasteiger partial charge in [-0.1, -0.05) is 156 Å². The van der Waals surface area contributed by atoms with Crippen molar-refractivity contribution in [2.24, 2.45) is 5.41 Å². The van der Waals surface area contributed by atoms with Crippen LogP contribution < -0.4 is 0 Å². The molecule has 0 aliphatic heterocycles. The Morgan fingerprint density at radius 3 is 1.39 bits per heavy atom. The standard InChI is InChI=1S/C36H54Si2/c1-28(2)37(29(3)4,30(5)6)26-24-36(25-27-38(31(7)8,32(9)10)33(11)12)22-20-35(21-23-36)19-18-34-16-14-13-15-17-34/h13-22,28-33H,23H2,1-12H3. The minimum Gasteiger partial charge on any atom is -0.128 e. The molecular formula is C36H54Si2. The smallest absolute Gasteiger partial charge is 0.128 e. The summed E-state index contributed by atoms with van der Waals surface area (Å²) >= 11 is 0. The summed E-state index contributed by atoms with van der Waals surface area (Å²) in [5.41, 5.74) is 13.8. The van der Waals surface area contributed by atoms with Crippen LogP contribution in [-0.4, -0.2) is 16.1 Å². The molecule has 0 fully saturated rings. The highest BCUT2D eigenvalue weighted by molar-refractivity contribution is 6.91. The fraction of sp³-hybridized carbons (Fsp3) is 0.556. The second kappa shape index (κ2) is 13.4. The zero-order valence-corrected chi connectivity index (χ0v) is 28.4. The molecule has 38 heavy (non-hydrogen) atoms. The summed E-state index contributed by atoms with van der Waals surface area (Å²) in [7, 11) is -3.72. The Hall–Kier alpha value is -2.01. The Labute approximate surface area is 238 Å². The molecule has 1 aliphatic rings. The van der Waals surface area contributed by atoms with Crippen LogP contribution in [0.15, 0.2) is 60.2 Å². The van der Waals surface area contributed by atoms with E-state index in [0.717, 1.165) is 6.42 Å². The Morgan fingerprint density at radius 1 is 0.632 bits per heavy atom. The summed E-state index contributed by atoms with van der Waals surface area (Å²) in [4.78, 5) is 0. The maximum atomic E-state index is 4.04. The van der Waals surface area contributed by atoms with Crippen LogP contribution in [0, 0.1) is 28.3 Å². The number of hydrogen-bond donors (Lipinski definition) is 0. The third-order valence-electron chi connectivity index (χ3n) is 9.22. The van der Waals surface area contributed by atoms with E-state index in [1.165, 1.54) is 11.1 Å². The SMILES string of the molecule is CC(C)[Si](C#CC1(C#C[Si](C(C)C)(C(C)C)C(C)C)C=CC(C=Cc2ccccc2)=CC1)(C(C)C)C(C)C. The van der Waals surface area contributed by atoms with E-state index in [1.807, 2.05) is 0 Å². The van der Waals surface area contributed by atoms with Gasteiger partial charge in [0.05, 0.1) is 0 Å². The lowest BCUT2D eigenvalue weighted by molar-refractivity contribution is 0.686. The molecule has 0 aromatic heterocycles. The first-order valence-corrected chi connectivity index (χ1v) is 19.4. The molecule has 2 heteroatoms. The first-order chi connectivity index (χ1) is 17.7. The van der Waals surface area contributed by atoms with Gasteiger partial charge in [-0.15, -0.1) is 11.1 Å². The second-order valence-electron chi connectivity index (χ2n) is 13.3. The first kappa shape index (κ1) is 32.2. The number of benzene rings is 1. The molecule has 0 saturated carbocycles. The normalized spacial score (nSPS) is 15.9. The molecule has 2 rings (SSSR count). The highest BCUT2D eigenvalue weighted by atomic mass is 28.3. The van der Waals surface area contributed by atoms with Gasteiger partial charge in [0.2, 0.25) is 0 Å². The summed E-state index contributed by atoms with van der Waals surface area (Å²) in [6, 6.07) is 10.5. The molecule has 0 heterocycles. The van der Waals surface area contributed by atoms with Crippen molar-refractivity contribution in [1.82, 2.24) is 0 Å². The predicted molar refractivity (Wildman–Crippen MR) is 177 cm³/mol. The molecule has 206 valence electrons. The van der Waals surface area contributed by atoms with Crippen LogP contribution >= 0.6 is 0 Å². The Balaban J connectivity index is 2.66. The third kappa shape index (κ3) is 6.95. The summed E-state index contributed by atoms with van der Waals surface area (Å²) < 4.78 is 0. The number of allylic oxidation sites excluding steroid dienone is 5. The van der Waals surface area contributed by atoms with Crippen molar-refractivity contribution in [2.45, 2.75) is 123 Å². The molecule has 0 atom stereocenters. The lowest BCUT2D eigenvalue weighted by Crippen LogP contribution is -2.44. The Bertz CT molecular complexity index is 1020. The van der Waals surface area contributed by atoms with Crippen LogP contribution in [0.25, 0.3) is 6.08 Å². The van der Waals surface area contributed by atoms with Crippen molar-refractivity contribution in [3.05, 3.63) is 65.8 Å². The van der Waals surface area contributed by atoms with E-state index >= 15 is 0 Å². The van der Waals surface area contributed by atoms with Crippen molar-refractivity contribution in [3.63, 3.8) is 0 Å². The molecule has 0 amide bonds. The van der Waals surface area contributed by atoms with Crippen molar-refractivity contribution in [2.75, 3.05) is 0 Å². The highest BCUT2D eigenvalue weighted by Gasteiger charge is 2.44. The summed E-state index contributed by atoms with van der Waals surface area (Å²) in [6.45, 7) is 28.8. The van der Waals surface area contributed by atoms with Crippen molar-refractivity contribution in [3.8, 4) is 22.9 Å². The third-order valence-corrected chi connectivity index (χ3v) is 21.8. The van der Waals surface area contributed by atoms with E-state index in [9.17, 15) is 0 Å². The summed E-state index contributed by atoms with van der Waals surface area (Å²) in [6.07, 6.45) is 12.2. The van der Waals surface area contributed by atoms with Crippen molar-refractivity contribution in [1.29, 1.82) is 0 Å². The molecule has 0 saturated heterocycles. The van der Waals surface area contributed by atoms with Gasteiger partial charge in [0.1, 0.15) is 21.6 Å². The molecule has 1 aliphatic carbocycles. The lowest BCUT2D eigenvalue weighted by Gasteiger charge is -2.39. The zero-order chi connectivity index (χ0) is 28.7.